The van der Waals surface area contributed by atoms with Crippen LogP contribution in [-0.2, 0) is 14.8 Å². The van der Waals surface area contributed by atoms with Gasteiger partial charge in [0.1, 0.15) is 0 Å². The smallest absolute Gasteiger partial charge is 0.334 e. The number of nitrogens with one attached hydrogen (secondary N) is 1. The number of ether oxygens (including phenoxy) is 1. The van der Waals surface area contributed by atoms with Crippen molar-refractivity contribution in [3.8, 4) is 0 Å². The van der Waals surface area contributed by atoms with E-state index in [4.69, 9.17) is 9.16 Å². The second-order valence-corrected chi connectivity index (χ2v) is 12.0. The molecule has 0 saturated heterocycles. The highest BCUT2D eigenvalue weighted by Gasteiger charge is 2.51. The van der Waals surface area contributed by atoms with Crippen LogP contribution in [0.15, 0.2) is 60.7 Å². The molecular formula is C21H28NO2Si+. The lowest BCUT2D eigenvalue weighted by Crippen LogP contribution is -2.82. The predicted octanol–water partition coefficient (Wildman–Crippen LogP) is 3.07. The lowest BCUT2D eigenvalue weighted by molar-refractivity contribution is -0.524. The van der Waals surface area contributed by atoms with E-state index in [-0.39, 0.29) is 6.04 Å². The summed E-state index contributed by atoms with van der Waals surface area (Å²) < 4.78 is 12.5. The molecule has 0 bridgehead atoms. The largest absolute Gasteiger partial charge is 0.451 e. The zero-order valence-electron chi connectivity index (χ0n) is 15.6. The quantitative estimate of drug-likeness (QED) is 0.837. The summed E-state index contributed by atoms with van der Waals surface area (Å²) in [5.74, 6) is 0.945. The van der Waals surface area contributed by atoms with E-state index in [1.165, 1.54) is 11.1 Å². The first-order chi connectivity index (χ1) is 12.0. The van der Waals surface area contributed by atoms with E-state index < -0.39 is 13.9 Å². The van der Waals surface area contributed by atoms with Crippen molar-refractivity contribution < 1.29 is 14.2 Å². The number of benzene rings is 2. The minimum atomic E-state index is -1.85. The van der Waals surface area contributed by atoms with Crippen molar-refractivity contribution in [2.75, 3.05) is 7.11 Å². The highest BCUT2D eigenvalue weighted by atomic mass is 28.4. The van der Waals surface area contributed by atoms with E-state index in [0.29, 0.717) is 0 Å². The Labute approximate surface area is 151 Å². The Morgan fingerprint density at radius 3 is 1.84 bits per heavy atom. The third-order valence-electron chi connectivity index (χ3n) is 4.60. The fraction of sp³-hybridized carbons (Fsp3) is 0.381. The van der Waals surface area contributed by atoms with Crippen molar-refractivity contribution in [1.29, 1.82) is 0 Å². The van der Waals surface area contributed by atoms with Crippen molar-refractivity contribution in [3.05, 3.63) is 71.8 Å². The number of hydrogen-bond acceptors (Lipinski definition) is 2. The molecule has 0 aromatic heterocycles. The van der Waals surface area contributed by atoms with Gasteiger partial charge in [-0.2, -0.15) is 0 Å². The molecule has 0 spiro atoms. The normalized spacial score (nSPS) is 18.1. The van der Waals surface area contributed by atoms with Crippen LogP contribution >= 0.6 is 0 Å². The summed E-state index contributed by atoms with van der Waals surface area (Å²) >= 11 is 0. The third-order valence-corrected chi connectivity index (χ3v) is 5.54. The van der Waals surface area contributed by atoms with E-state index >= 15 is 0 Å². The van der Waals surface area contributed by atoms with E-state index in [9.17, 15) is 0 Å². The van der Waals surface area contributed by atoms with E-state index in [1.54, 1.807) is 7.11 Å². The van der Waals surface area contributed by atoms with Crippen LogP contribution in [0.4, 0.5) is 0 Å². The zero-order chi connectivity index (χ0) is 17.9. The monoisotopic (exact) mass is 354 g/mol. The van der Waals surface area contributed by atoms with Gasteiger partial charge in [0.25, 0.3) is 0 Å². The van der Waals surface area contributed by atoms with Crippen LogP contribution in [-0.4, -0.2) is 27.4 Å². The summed E-state index contributed by atoms with van der Waals surface area (Å²) in [5, 5.41) is 0. The summed E-state index contributed by atoms with van der Waals surface area (Å²) in [6, 6.07) is 21.3. The second-order valence-electron chi connectivity index (χ2n) is 7.55. The number of rotatable bonds is 5. The average molecular weight is 355 g/mol. The Balaban J connectivity index is 2.22. The van der Waals surface area contributed by atoms with Gasteiger partial charge >= 0.3 is 5.90 Å². The lowest BCUT2D eigenvalue weighted by atomic mass is 9.79. The van der Waals surface area contributed by atoms with Gasteiger partial charge in [0.15, 0.2) is 20.0 Å². The number of methoxy groups -OCH3 is 1. The molecule has 0 saturated carbocycles. The molecule has 25 heavy (non-hydrogen) atoms. The molecule has 2 aromatic carbocycles. The molecule has 1 heterocycles. The maximum absolute atomic E-state index is 6.98. The molecule has 2 aromatic rings. The first kappa shape index (κ1) is 17.9. The Kier molecular flexibility index (Phi) is 5.11. The molecule has 0 amide bonds. The van der Waals surface area contributed by atoms with Crippen LogP contribution in [0.1, 0.15) is 24.0 Å². The minimum Gasteiger partial charge on any atom is -0.451 e. The molecule has 1 atom stereocenters. The van der Waals surface area contributed by atoms with E-state index in [0.717, 1.165) is 18.7 Å². The summed E-state index contributed by atoms with van der Waals surface area (Å²) in [7, 11) is -0.115. The molecule has 132 valence electrons. The van der Waals surface area contributed by atoms with Gasteiger partial charge in [-0.05, 0) is 30.8 Å². The maximum atomic E-state index is 6.98. The SMILES string of the molecule is COC1=[NH+][C@H](C(O[Si](C)(C)C)(c2ccccc2)c2ccccc2)CC1. The van der Waals surface area contributed by atoms with Crippen molar-refractivity contribution in [3.63, 3.8) is 0 Å². The van der Waals surface area contributed by atoms with Gasteiger partial charge < -0.3 is 9.16 Å². The van der Waals surface area contributed by atoms with Gasteiger partial charge in [-0.3, -0.25) is 0 Å². The van der Waals surface area contributed by atoms with Crippen LogP contribution in [0.3, 0.4) is 0 Å². The number of hydrogen-bond donors (Lipinski definition) is 1. The molecule has 0 aliphatic carbocycles. The topological polar surface area (TPSA) is 32.4 Å². The van der Waals surface area contributed by atoms with Crippen molar-refractivity contribution in [2.24, 2.45) is 0 Å². The fourth-order valence-electron chi connectivity index (χ4n) is 3.69. The molecule has 3 nitrogen and oxygen atoms in total. The predicted molar refractivity (Wildman–Crippen MR) is 104 cm³/mol. The Morgan fingerprint density at radius 1 is 0.920 bits per heavy atom. The van der Waals surface area contributed by atoms with Gasteiger partial charge in [0.05, 0.1) is 13.5 Å². The third kappa shape index (κ3) is 3.70. The summed E-state index contributed by atoms with van der Waals surface area (Å²) in [4.78, 5) is 3.59. The van der Waals surface area contributed by atoms with Crippen LogP contribution in [0.2, 0.25) is 19.6 Å². The Hall–Kier alpha value is -1.91. The van der Waals surface area contributed by atoms with Gasteiger partial charge in [-0.1, -0.05) is 60.7 Å². The van der Waals surface area contributed by atoms with Crippen molar-refractivity contribution >= 4 is 14.2 Å². The highest BCUT2D eigenvalue weighted by molar-refractivity contribution is 6.69. The average Bonchev–Trinajstić information content (AvgIpc) is 3.10. The molecular weight excluding hydrogens is 326 g/mol. The maximum Gasteiger partial charge on any atom is 0.334 e. The van der Waals surface area contributed by atoms with Gasteiger partial charge in [-0.15, -0.1) is 0 Å². The van der Waals surface area contributed by atoms with E-state index in [1.807, 2.05) is 0 Å². The summed E-state index contributed by atoms with van der Waals surface area (Å²) in [6.45, 7) is 6.76. The molecule has 3 rings (SSSR count). The van der Waals surface area contributed by atoms with Gasteiger partial charge in [-0.25, -0.2) is 4.99 Å². The molecule has 1 N–H and O–H groups in total. The van der Waals surface area contributed by atoms with Crippen molar-refractivity contribution in [1.82, 2.24) is 0 Å². The van der Waals surface area contributed by atoms with Gasteiger partial charge in [0, 0.05) is 6.42 Å². The molecule has 4 heteroatoms. The fourth-order valence-corrected chi connectivity index (χ4v) is 5.04. The Morgan fingerprint density at radius 2 is 1.44 bits per heavy atom. The Bertz CT molecular complexity index is 683. The van der Waals surface area contributed by atoms with Gasteiger partial charge in [0.2, 0.25) is 0 Å². The molecule has 0 radical (unpaired) electrons. The molecule has 1 aliphatic rings. The van der Waals surface area contributed by atoms with Crippen LogP contribution in [0, 0.1) is 0 Å². The molecule has 0 fully saturated rings. The second kappa shape index (κ2) is 7.14. The lowest BCUT2D eigenvalue weighted by Gasteiger charge is -2.40. The van der Waals surface area contributed by atoms with Crippen LogP contribution in [0.5, 0.6) is 0 Å². The summed E-state index contributed by atoms with van der Waals surface area (Å²) in [6.07, 6.45) is 1.90. The van der Waals surface area contributed by atoms with Crippen molar-refractivity contribution in [2.45, 2.75) is 44.1 Å². The molecule has 1 aliphatic heterocycles. The molecule has 0 unspecified atom stereocenters. The van der Waals surface area contributed by atoms with Crippen LogP contribution in [0.25, 0.3) is 0 Å². The first-order valence-electron chi connectivity index (χ1n) is 8.93. The minimum absolute atomic E-state index is 0.138. The standard InChI is InChI=1S/C21H27NO2Si/c1-23-20-16-15-19(22-20)21(24-25(2,3)4,17-11-7-5-8-12-17)18-13-9-6-10-14-18/h5-14,19H,15-16H2,1-4H3/p+1/t19-/m0/s1. The zero-order valence-corrected chi connectivity index (χ0v) is 16.6. The highest BCUT2D eigenvalue weighted by Crippen LogP contribution is 2.40. The van der Waals surface area contributed by atoms with Crippen LogP contribution < -0.4 is 4.99 Å². The first-order valence-corrected chi connectivity index (χ1v) is 12.3. The summed E-state index contributed by atoms with van der Waals surface area (Å²) in [5.41, 5.74) is 1.87. The van der Waals surface area contributed by atoms with E-state index in [2.05, 4.69) is 85.3 Å².